The van der Waals surface area contributed by atoms with Crippen molar-refractivity contribution in [3.05, 3.63) is 71.8 Å². The summed E-state index contributed by atoms with van der Waals surface area (Å²) >= 11 is 0. The van der Waals surface area contributed by atoms with Gasteiger partial charge in [-0.15, -0.1) is 0 Å². The molecule has 1 atom stereocenters. The Morgan fingerprint density at radius 2 is 1.66 bits per heavy atom. The predicted molar refractivity (Wildman–Crippen MR) is 119 cm³/mol. The Morgan fingerprint density at radius 3 is 2.34 bits per heavy atom. The Labute approximate surface area is 172 Å². The zero-order valence-corrected chi connectivity index (χ0v) is 16.9. The van der Waals surface area contributed by atoms with Gasteiger partial charge in [0, 0.05) is 19.1 Å². The van der Waals surface area contributed by atoms with Gasteiger partial charge in [0.25, 0.3) is 5.91 Å². The van der Waals surface area contributed by atoms with Crippen molar-refractivity contribution in [3.8, 4) is 5.75 Å². The third-order valence-electron chi connectivity index (χ3n) is 5.66. The largest absolute Gasteiger partial charge is 0.508 e. The van der Waals surface area contributed by atoms with Crippen LogP contribution in [0.1, 0.15) is 42.1 Å². The molecular formula is C25H28N2O2. The van der Waals surface area contributed by atoms with E-state index in [1.807, 2.05) is 37.3 Å². The third kappa shape index (κ3) is 4.53. The van der Waals surface area contributed by atoms with Crippen molar-refractivity contribution < 1.29 is 9.90 Å². The van der Waals surface area contributed by atoms with E-state index in [-0.39, 0.29) is 17.7 Å². The number of hydrogen-bond donors (Lipinski definition) is 2. The fourth-order valence-electron chi connectivity index (χ4n) is 4.14. The molecule has 4 heteroatoms. The van der Waals surface area contributed by atoms with E-state index >= 15 is 0 Å². The second kappa shape index (κ2) is 8.56. The highest BCUT2D eigenvalue weighted by atomic mass is 16.3. The summed E-state index contributed by atoms with van der Waals surface area (Å²) in [4.78, 5) is 15.6. The average Bonchev–Trinajstić information content (AvgIpc) is 2.75. The van der Waals surface area contributed by atoms with E-state index in [2.05, 4.69) is 28.4 Å². The van der Waals surface area contributed by atoms with Gasteiger partial charge < -0.3 is 15.3 Å². The summed E-state index contributed by atoms with van der Waals surface area (Å²) < 4.78 is 0. The van der Waals surface area contributed by atoms with Crippen molar-refractivity contribution in [2.24, 2.45) is 0 Å². The van der Waals surface area contributed by atoms with Crippen molar-refractivity contribution in [1.82, 2.24) is 5.32 Å². The van der Waals surface area contributed by atoms with E-state index in [0.29, 0.717) is 0 Å². The molecule has 1 aliphatic rings. The van der Waals surface area contributed by atoms with Gasteiger partial charge >= 0.3 is 0 Å². The SMILES string of the molecule is CC(Cc1ccc(O)cc1)NC(=O)c1cc2ccccc2cc1N1CCCCC1. The lowest BCUT2D eigenvalue weighted by Crippen LogP contribution is -2.36. The van der Waals surface area contributed by atoms with Gasteiger partial charge in [0.05, 0.1) is 11.3 Å². The van der Waals surface area contributed by atoms with Crippen molar-refractivity contribution in [2.75, 3.05) is 18.0 Å². The molecule has 0 bridgehead atoms. The summed E-state index contributed by atoms with van der Waals surface area (Å²) in [6, 6.07) is 19.6. The van der Waals surface area contributed by atoms with E-state index in [4.69, 9.17) is 0 Å². The predicted octanol–water partition coefficient (Wildman–Crippen LogP) is 4.90. The lowest BCUT2D eigenvalue weighted by atomic mass is 10.0. The maximum atomic E-state index is 13.2. The van der Waals surface area contributed by atoms with Crippen molar-refractivity contribution >= 4 is 22.4 Å². The molecule has 0 spiro atoms. The van der Waals surface area contributed by atoms with Crippen LogP contribution in [0.4, 0.5) is 5.69 Å². The molecule has 1 saturated heterocycles. The minimum atomic E-state index is -0.0254. The van der Waals surface area contributed by atoms with E-state index < -0.39 is 0 Å². The smallest absolute Gasteiger partial charge is 0.253 e. The minimum absolute atomic E-state index is 0.00674. The first kappa shape index (κ1) is 19.3. The number of fused-ring (bicyclic) bond motifs is 1. The summed E-state index contributed by atoms with van der Waals surface area (Å²) in [6.45, 7) is 4.02. The molecule has 1 unspecified atom stereocenters. The number of hydrogen-bond acceptors (Lipinski definition) is 3. The zero-order valence-electron chi connectivity index (χ0n) is 16.9. The number of rotatable bonds is 5. The number of nitrogens with one attached hydrogen (secondary N) is 1. The average molecular weight is 389 g/mol. The van der Waals surface area contributed by atoms with Crippen LogP contribution in [-0.2, 0) is 6.42 Å². The van der Waals surface area contributed by atoms with Crippen LogP contribution in [0.15, 0.2) is 60.7 Å². The Bertz CT molecular complexity index is 991. The number of piperidine rings is 1. The minimum Gasteiger partial charge on any atom is -0.508 e. The molecule has 1 aliphatic heterocycles. The third-order valence-corrected chi connectivity index (χ3v) is 5.66. The first-order valence-electron chi connectivity index (χ1n) is 10.5. The highest BCUT2D eigenvalue weighted by Crippen LogP contribution is 2.29. The number of benzene rings is 3. The quantitative estimate of drug-likeness (QED) is 0.654. The molecule has 150 valence electrons. The molecule has 1 amide bonds. The number of aromatic hydroxyl groups is 1. The molecule has 0 radical (unpaired) electrons. The van der Waals surface area contributed by atoms with Crippen LogP contribution in [0.5, 0.6) is 5.75 Å². The summed E-state index contributed by atoms with van der Waals surface area (Å²) in [7, 11) is 0. The molecule has 0 aromatic heterocycles. The van der Waals surface area contributed by atoms with Crippen LogP contribution in [0.2, 0.25) is 0 Å². The van der Waals surface area contributed by atoms with E-state index in [0.717, 1.165) is 41.7 Å². The van der Waals surface area contributed by atoms with Gasteiger partial charge in [-0.2, -0.15) is 0 Å². The molecule has 3 aromatic carbocycles. The Hall–Kier alpha value is -3.01. The molecule has 1 heterocycles. The van der Waals surface area contributed by atoms with Crippen LogP contribution in [-0.4, -0.2) is 30.1 Å². The second-order valence-corrected chi connectivity index (χ2v) is 8.01. The molecule has 4 nitrogen and oxygen atoms in total. The highest BCUT2D eigenvalue weighted by Gasteiger charge is 2.20. The van der Waals surface area contributed by atoms with Crippen molar-refractivity contribution in [3.63, 3.8) is 0 Å². The van der Waals surface area contributed by atoms with E-state index in [1.54, 1.807) is 12.1 Å². The summed E-state index contributed by atoms with van der Waals surface area (Å²) in [5.74, 6) is 0.232. The summed E-state index contributed by atoms with van der Waals surface area (Å²) in [5, 5.41) is 14.9. The van der Waals surface area contributed by atoms with Crippen LogP contribution in [0, 0.1) is 0 Å². The Kier molecular flexibility index (Phi) is 5.70. The number of phenols is 1. The Morgan fingerprint density at radius 1 is 1.00 bits per heavy atom. The van der Waals surface area contributed by atoms with Gasteiger partial charge in [0.15, 0.2) is 0 Å². The molecule has 4 rings (SSSR count). The molecule has 3 aromatic rings. The number of phenolic OH excluding ortho intramolecular Hbond substituents is 1. The van der Waals surface area contributed by atoms with Crippen molar-refractivity contribution in [2.45, 2.75) is 38.6 Å². The van der Waals surface area contributed by atoms with Gasteiger partial charge in [-0.25, -0.2) is 0 Å². The van der Waals surface area contributed by atoms with Gasteiger partial charge in [-0.1, -0.05) is 36.4 Å². The second-order valence-electron chi connectivity index (χ2n) is 8.01. The number of carbonyl (C=O) groups is 1. The van der Waals surface area contributed by atoms with Gasteiger partial charge in [-0.05, 0) is 73.2 Å². The standard InChI is InChI=1S/C25H28N2O2/c1-18(15-19-9-11-22(28)12-10-19)26-25(29)23-16-20-7-3-4-8-21(20)17-24(23)27-13-5-2-6-14-27/h3-4,7-12,16-18,28H,2,5-6,13-15H2,1H3,(H,26,29). The molecule has 0 saturated carbocycles. The maximum absolute atomic E-state index is 13.2. The summed E-state index contributed by atoms with van der Waals surface area (Å²) in [5.41, 5.74) is 2.88. The fraction of sp³-hybridized carbons (Fsp3) is 0.320. The zero-order chi connectivity index (χ0) is 20.2. The van der Waals surface area contributed by atoms with E-state index in [9.17, 15) is 9.90 Å². The van der Waals surface area contributed by atoms with E-state index in [1.165, 1.54) is 24.6 Å². The molecule has 1 fully saturated rings. The van der Waals surface area contributed by atoms with Crippen LogP contribution in [0.25, 0.3) is 10.8 Å². The van der Waals surface area contributed by atoms with Crippen LogP contribution in [0.3, 0.4) is 0 Å². The first-order chi connectivity index (χ1) is 14.1. The molecule has 0 aliphatic carbocycles. The van der Waals surface area contributed by atoms with Gasteiger partial charge in [-0.3, -0.25) is 4.79 Å². The monoisotopic (exact) mass is 388 g/mol. The highest BCUT2D eigenvalue weighted by molar-refractivity contribution is 6.04. The number of nitrogens with zero attached hydrogens (tertiary/aromatic N) is 1. The molecule has 29 heavy (non-hydrogen) atoms. The van der Waals surface area contributed by atoms with Gasteiger partial charge in [0.2, 0.25) is 0 Å². The van der Waals surface area contributed by atoms with Crippen LogP contribution >= 0.6 is 0 Å². The number of amides is 1. The van der Waals surface area contributed by atoms with Crippen LogP contribution < -0.4 is 10.2 Å². The molecule has 2 N–H and O–H groups in total. The topological polar surface area (TPSA) is 52.6 Å². The lowest BCUT2D eigenvalue weighted by Gasteiger charge is -2.31. The first-order valence-corrected chi connectivity index (χ1v) is 10.5. The normalized spacial score (nSPS) is 15.3. The summed E-state index contributed by atoms with van der Waals surface area (Å²) in [6.07, 6.45) is 4.32. The number of carbonyl (C=O) groups excluding carboxylic acids is 1. The Balaban J connectivity index is 1.58. The van der Waals surface area contributed by atoms with Gasteiger partial charge in [0.1, 0.15) is 5.75 Å². The number of anilines is 1. The lowest BCUT2D eigenvalue weighted by molar-refractivity contribution is 0.0940. The molecular weight excluding hydrogens is 360 g/mol. The van der Waals surface area contributed by atoms with Crippen molar-refractivity contribution in [1.29, 1.82) is 0 Å². The fourth-order valence-corrected chi connectivity index (χ4v) is 4.14. The maximum Gasteiger partial charge on any atom is 0.253 e.